The quantitative estimate of drug-likeness (QED) is 0.872. The highest BCUT2D eigenvalue weighted by atomic mass is 15.1. The lowest BCUT2D eigenvalue weighted by molar-refractivity contribution is 0.403. The van der Waals surface area contributed by atoms with Crippen LogP contribution in [0.2, 0.25) is 0 Å². The highest BCUT2D eigenvalue weighted by Crippen LogP contribution is 2.16. The Labute approximate surface area is 108 Å². The van der Waals surface area contributed by atoms with Gasteiger partial charge in [0.1, 0.15) is 0 Å². The second kappa shape index (κ2) is 6.12. The maximum atomic E-state index is 4.25. The third kappa shape index (κ3) is 3.53. The van der Waals surface area contributed by atoms with Gasteiger partial charge >= 0.3 is 0 Å². The lowest BCUT2D eigenvalue weighted by Gasteiger charge is -2.15. The molecular formula is C14H18N4. The van der Waals surface area contributed by atoms with Crippen LogP contribution in [0, 0.1) is 0 Å². The van der Waals surface area contributed by atoms with Crippen LogP contribution in [0.3, 0.4) is 0 Å². The van der Waals surface area contributed by atoms with Crippen LogP contribution in [-0.2, 0) is 13.1 Å². The maximum absolute atomic E-state index is 4.25. The molecule has 2 aromatic rings. The molecule has 0 aliphatic heterocycles. The number of benzene rings is 1. The summed E-state index contributed by atoms with van der Waals surface area (Å²) in [6.07, 6.45) is 5.17. The smallest absolute Gasteiger partial charge is 0.0777 e. The van der Waals surface area contributed by atoms with E-state index in [0.717, 1.165) is 17.9 Å². The van der Waals surface area contributed by atoms with Gasteiger partial charge in [0.15, 0.2) is 0 Å². The SMILES string of the molecule is CN(C)Cc1ccccc1NCc1cnccn1. The molecule has 2 rings (SSSR count). The fourth-order valence-electron chi connectivity index (χ4n) is 1.78. The van der Waals surface area contributed by atoms with Crippen LogP contribution in [-0.4, -0.2) is 29.0 Å². The van der Waals surface area contributed by atoms with Gasteiger partial charge in [-0.25, -0.2) is 0 Å². The number of hydrogen-bond donors (Lipinski definition) is 1. The van der Waals surface area contributed by atoms with Crippen molar-refractivity contribution in [1.29, 1.82) is 0 Å². The second-order valence-electron chi connectivity index (χ2n) is 4.45. The number of hydrogen-bond acceptors (Lipinski definition) is 4. The van der Waals surface area contributed by atoms with Crippen molar-refractivity contribution in [3.8, 4) is 0 Å². The first-order valence-corrected chi connectivity index (χ1v) is 5.97. The van der Waals surface area contributed by atoms with E-state index in [1.807, 2.05) is 6.07 Å². The van der Waals surface area contributed by atoms with Crippen LogP contribution < -0.4 is 5.32 Å². The van der Waals surface area contributed by atoms with Gasteiger partial charge in [0.25, 0.3) is 0 Å². The lowest BCUT2D eigenvalue weighted by atomic mass is 10.1. The molecule has 0 saturated heterocycles. The molecule has 0 fully saturated rings. The van der Waals surface area contributed by atoms with Gasteiger partial charge in [-0.3, -0.25) is 9.97 Å². The summed E-state index contributed by atoms with van der Waals surface area (Å²) in [5, 5.41) is 3.41. The summed E-state index contributed by atoms with van der Waals surface area (Å²) in [4.78, 5) is 10.5. The highest BCUT2D eigenvalue weighted by molar-refractivity contribution is 5.51. The van der Waals surface area contributed by atoms with E-state index in [9.17, 15) is 0 Å². The van der Waals surface area contributed by atoms with Crippen molar-refractivity contribution in [3.63, 3.8) is 0 Å². The van der Waals surface area contributed by atoms with E-state index in [1.165, 1.54) is 5.56 Å². The number of aromatic nitrogens is 2. The molecule has 0 amide bonds. The minimum absolute atomic E-state index is 0.693. The van der Waals surface area contributed by atoms with Crippen molar-refractivity contribution in [3.05, 3.63) is 54.1 Å². The van der Waals surface area contributed by atoms with Gasteiger partial charge in [-0.2, -0.15) is 0 Å². The summed E-state index contributed by atoms with van der Waals surface area (Å²) in [5.74, 6) is 0. The summed E-state index contributed by atoms with van der Waals surface area (Å²) < 4.78 is 0. The van der Waals surface area contributed by atoms with Crippen molar-refractivity contribution in [2.45, 2.75) is 13.1 Å². The van der Waals surface area contributed by atoms with Crippen molar-refractivity contribution >= 4 is 5.69 Å². The molecule has 18 heavy (non-hydrogen) atoms. The number of para-hydroxylation sites is 1. The van der Waals surface area contributed by atoms with E-state index < -0.39 is 0 Å². The van der Waals surface area contributed by atoms with Crippen LogP contribution in [0.5, 0.6) is 0 Å². The normalized spacial score (nSPS) is 10.6. The van der Waals surface area contributed by atoms with Crippen molar-refractivity contribution in [2.75, 3.05) is 19.4 Å². The number of anilines is 1. The summed E-state index contributed by atoms with van der Waals surface area (Å²) in [6.45, 7) is 1.61. The number of nitrogens with one attached hydrogen (secondary N) is 1. The Morgan fingerprint density at radius 2 is 2.00 bits per heavy atom. The van der Waals surface area contributed by atoms with Crippen LogP contribution in [0.4, 0.5) is 5.69 Å². The summed E-state index contributed by atoms with van der Waals surface area (Å²) in [5.41, 5.74) is 3.38. The third-order valence-electron chi connectivity index (χ3n) is 2.58. The van der Waals surface area contributed by atoms with E-state index >= 15 is 0 Å². The molecular weight excluding hydrogens is 224 g/mol. The minimum atomic E-state index is 0.693. The molecule has 1 aromatic heterocycles. The number of nitrogens with zero attached hydrogens (tertiary/aromatic N) is 3. The first-order chi connectivity index (χ1) is 8.75. The summed E-state index contributed by atoms with van der Waals surface area (Å²) in [7, 11) is 4.14. The molecule has 0 atom stereocenters. The Balaban J connectivity index is 2.05. The predicted octanol–water partition coefficient (Wildman–Crippen LogP) is 2.15. The van der Waals surface area contributed by atoms with Gasteiger partial charge in [0.2, 0.25) is 0 Å². The molecule has 0 saturated carbocycles. The van der Waals surface area contributed by atoms with Gasteiger partial charge in [0, 0.05) is 24.6 Å². The zero-order valence-corrected chi connectivity index (χ0v) is 10.8. The standard InChI is InChI=1S/C14H18N4/c1-18(2)11-12-5-3-4-6-14(12)17-10-13-9-15-7-8-16-13/h3-9,17H,10-11H2,1-2H3. The van der Waals surface area contributed by atoms with Crippen LogP contribution in [0.15, 0.2) is 42.9 Å². The van der Waals surface area contributed by atoms with Crippen LogP contribution in [0.25, 0.3) is 0 Å². The van der Waals surface area contributed by atoms with Gasteiger partial charge in [-0.1, -0.05) is 18.2 Å². The predicted molar refractivity (Wildman–Crippen MR) is 73.2 cm³/mol. The largest absolute Gasteiger partial charge is 0.379 e. The van der Waals surface area contributed by atoms with E-state index in [1.54, 1.807) is 18.6 Å². The van der Waals surface area contributed by atoms with Crippen molar-refractivity contribution in [1.82, 2.24) is 14.9 Å². The molecule has 0 spiro atoms. The maximum Gasteiger partial charge on any atom is 0.0777 e. The van der Waals surface area contributed by atoms with Crippen LogP contribution in [0.1, 0.15) is 11.3 Å². The van der Waals surface area contributed by atoms with E-state index in [-0.39, 0.29) is 0 Å². The third-order valence-corrected chi connectivity index (χ3v) is 2.58. The zero-order valence-electron chi connectivity index (χ0n) is 10.8. The Morgan fingerprint density at radius 1 is 1.17 bits per heavy atom. The average Bonchev–Trinajstić information content (AvgIpc) is 2.38. The monoisotopic (exact) mass is 242 g/mol. The summed E-state index contributed by atoms with van der Waals surface area (Å²) in [6, 6.07) is 8.33. The Kier molecular flexibility index (Phi) is 4.25. The summed E-state index contributed by atoms with van der Waals surface area (Å²) >= 11 is 0. The molecule has 4 heteroatoms. The van der Waals surface area contributed by atoms with E-state index in [4.69, 9.17) is 0 Å². The Hall–Kier alpha value is -1.94. The molecule has 0 radical (unpaired) electrons. The fraction of sp³-hybridized carbons (Fsp3) is 0.286. The molecule has 94 valence electrons. The zero-order chi connectivity index (χ0) is 12.8. The molecule has 0 aliphatic rings. The Bertz CT molecular complexity index is 482. The minimum Gasteiger partial charge on any atom is -0.379 e. The van der Waals surface area contributed by atoms with Crippen molar-refractivity contribution in [2.24, 2.45) is 0 Å². The molecule has 1 N–H and O–H groups in total. The fourth-order valence-corrected chi connectivity index (χ4v) is 1.78. The van der Waals surface area contributed by atoms with Gasteiger partial charge < -0.3 is 10.2 Å². The molecule has 0 bridgehead atoms. The molecule has 1 heterocycles. The Morgan fingerprint density at radius 3 is 2.72 bits per heavy atom. The first kappa shape index (κ1) is 12.5. The second-order valence-corrected chi connectivity index (χ2v) is 4.45. The molecule has 4 nitrogen and oxygen atoms in total. The van der Waals surface area contributed by atoms with E-state index in [2.05, 4.69) is 52.5 Å². The van der Waals surface area contributed by atoms with E-state index in [0.29, 0.717) is 6.54 Å². The van der Waals surface area contributed by atoms with Gasteiger partial charge in [-0.15, -0.1) is 0 Å². The molecule has 0 unspecified atom stereocenters. The van der Waals surface area contributed by atoms with Crippen LogP contribution >= 0.6 is 0 Å². The first-order valence-electron chi connectivity index (χ1n) is 5.97. The van der Waals surface area contributed by atoms with Gasteiger partial charge in [-0.05, 0) is 25.7 Å². The highest BCUT2D eigenvalue weighted by Gasteiger charge is 2.02. The molecule has 0 aliphatic carbocycles. The average molecular weight is 242 g/mol. The topological polar surface area (TPSA) is 41.0 Å². The van der Waals surface area contributed by atoms with Gasteiger partial charge in [0.05, 0.1) is 18.4 Å². The van der Waals surface area contributed by atoms with Crippen molar-refractivity contribution < 1.29 is 0 Å². The lowest BCUT2D eigenvalue weighted by Crippen LogP contribution is -2.13. The number of rotatable bonds is 5. The molecule has 1 aromatic carbocycles.